The lowest BCUT2D eigenvalue weighted by Crippen LogP contribution is -2.09. The van der Waals surface area contributed by atoms with Crippen LogP contribution in [-0.4, -0.2) is 5.11 Å². The van der Waals surface area contributed by atoms with Crippen molar-refractivity contribution in [1.82, 2.24) is 0 Å². The Labute approximate surface area is 77.2 Å². The standard InChI is InChI=1S/C10H14FNO/c1-3-8(12)7-5-4-6(2)9(11)10(7)13/h4-5,8,13H,3,12H2,1-2H3/t8-/m0/s1. The minimum atomic E-state index is -0.568. The zero-order valence-corrected chi connectivity index (χ0v) is 7.84. The molecule has 1 atom stereocenters. The van der Waals surface area contributed by atoms with Crippen molar-refractivity contribution in [2.75, 3.05) is 0 Å². The SMILES string of the molecule is CC[C@H](N)c1ccc(C)c(F)c1O. The van der Waals surface area contributed by atoms with E-state index in [1.54, 1.807) is 19.1 Å². The highest BCUT2D eigenvalue weighted by Gasteiger charge is 2.13. The van der Waals surface area contributed by atoms with Crippen molar-refractivity contribution in [1.29, 1.82) is 0 Å². The highest BCUT2D eigenvalue weighted by molar-refractivity contribution is 5.39. The fourth-order valence-electron chi connectivity index (χ4n) is 1.20. The Balaban J connectivity index is 3.18. The minimum Gasteiger partial charge on any atom is -0.505 e. The number of nitrogens with two attached hydrogens (primary N) is 1. The van der Waals surface area contributed by atoms with E-state index in [4.69, 9.17) is 5.73 Å². The van der Waals surface area contributed by atoms with Gasteiger partial charge in [-0.25, -0.2) is 4.39 Å². The van der Waals surface area contributed by atoms with Gasteiger partial charge < -0.3 is 10.8 Å². The maximum Gasteiger partial charge on any atom is 0.168 e. The Morgan fingerprint density at radius 1 is 1.54 bits per heavy atom. The average molecular weight is 183 g/mol. The van der Waals surface area contributed by atoms with Gasteiger partial charge in [-0.2, -0.15) is 0 Å². The largest absolute Gasteiger partial charge is 0.505 e. The van der Waals surface area contributed by atoms with E-state index >= 15 is 0 Å². The van der Waals surface area contributed by atoms with Crippen molar-refractivity contribution in [3.63, 3.8) is 0 Å². The summed E-state index contributed by atoms with van der Waals surface area (Å²) in [6.07, 6.45) is 0.677. The van der Waals surface area contributed by atoms with E-state index in [0.717, 1.165) is 0 Å². The Bertz CT molecular complexity index is 312. The third-order valence-electron chi connectivity index (χ3n) is 2.18. The molecule has 0 aromatic heterocycles. The zero-order valence-electron chi connectivity index (χ0n) is 7.84. The van der Waals surface area contributed by atoms with Gasteiger partial charge in [0.05, 0.1) is 0 Å². The lowest BCUT2D eigenvalue weighted by Gasteiger charge is -2.12. The summed E-state index contributed by atoms with van der Waals surface area (Å²) in [5.74, 6) is -0.879. The number of aryl methyl sites for hydroxylation is 1. The Hall–Kier alpha value is -1.09. The van der Waals surface area contributed by atoms with Crippen molar-refractivity contribution in [2.45, 2.75) is 26.3 Å². The molecule has 13 heavy (non-hydrogen) atoms. The van der Waals surface area contributed by atoms with E-state index in [1.165, 1.54) is 0 Å². The highest BCUT2D eigenvalue weighted by atomic mass is 19.1. The Morgan fingerprint density at radius 3 is 2.69 bits per heavy atom. The van der Waals surface area contributed by atoms with E-state index in [2.05, 4.69) is 0 Å². The number of benzene rings is 1. The third kappa shape index (κ3) is 1.80. The van der Waals surface area contributed by atoms with Crippen molar-refractivity contribution >= 4 is 0 Å². The third-order valence-corrected chi connectivity index (χ3v) is 2.18. The molecule has 0 unspecified atom stereocenters. The summed E-state index contributed by atoms with van der Waals surface area (Å²) < 4.78 is 13.2. The Kier molecular flexibility index (Phi) is 2.88. The van der Waals surface area contributed by atoms with E-state index in [-0.39, 0.29) is 11.8 Å². The van der Waals surface area contributed by atoms with Crippen LogP contribution >= 0.6 is 0 Å². The van der Waals surface area contributed by atoms with Crippen molar-refractivity contribution in [3.8, 4) is 5.75 Å². The fraction of sp³-hybridized carbons (Fsp3) is 0.400. The first-order valence-corrected chi connectivity index (χ1v) is 4.31. The topological polar surface area (TPSA) is 46.2 Å². The van der Waals surface area contributed by atoms with Crippen LogP contribution in [0.5, 0.6) is 5.75 Å². The van der Waals surface area contributed by atoms with Crippen LogP contribution in [-0.2, 0) is 0 Å². The van der Waals surface area contributed by atoms with E-state index in [1.807, 2.05) is 6.92 Å². The van der Waals surface area contributed by atoms with Gasteiger partial charge in [0.1, 0.15) is 0 Å². The molecule has 0 aliphatic heterocycles. The lowest BCUT2D eigenvalue weighted by molar-refractivity contribution is 0.417. The van der Waals surface area contributed by atoms with Gasteiger partial charge in [0.25, 0.3) is 0 Å². The molecule has 1 aromatic carbocycles. The van der Waals surface area contributed by atoms with Crippen LogP contribution in [0.25, 0.3) is 0 Å². The van der Waals surface area contributed by atoms with Gasteiger partial charge in [-0.1, -0.05) is 19.1 Å². The number of phenolic OH excluding ortho intramolecular Hbond substituents is 1. The summed E-state index contributed by atoms with van der Waals surface area (Å²) in [4.78, 5) is 0. The summed E-state index contributed by atoms with van der Waals surface area (Å²) in [6.45, 7) is 3.50. The van der Waals surface area contributed by atoms with Crippen LogP contribution in [0.4, 0.5) is 4.39 Å². The van der Waals surface area contributed by atoms with Crippen molar-refractivity contribution in [2.24, 2.45) is 5.73 Å². The van der Waals surface area contributed by atoms with E-state index in [9.17, 15) is 9.50 Å². The first-order chi connectivity index (χ1) is 6.07. The average Bonchev–Trinajstić information content (AvgIpc) is 2.13. The van der Waals surface area contributed by atoms with Crippen LogP contribution in [0.1, 0.15) is 30.5 Å². The molecule has 3 N–H and O–H groups in total. The normalized spacial score (nSPS) is 12.9. The number of halogens is 1. The molecule has 0 bridgehead atoms. The predicted molar refractivity (Wildman–Crippen MR) is 50.0 cm³/mol. The maximum absolute atomic E-state index is 13.2. The van der Waals surface area contributed by atoms with E-state index in [0.29, 0.717) is 17.5 Å². The van der Waals surface area contributed by atoms with Gasteiger partial charge in [-0.3, -0.25) is 0 Å². The van der Waals surface area contributed by atoms with Crippen LogP contribution in [0.3, 0.4) is 0 Å². The molecular formula is C10H14FNO. The molecule has 0 aliphatic rings. The second-order valence-electron chi connectivity index (χ2n) is 3.15. The number of hydrogen-bond acceptors (Lipinski definition) is 2. The van der Waals surface area contributed by atoms with Gasteiger partial charge in [0, 0.05) is 11.6 Å². The van der Waals surface area contributed by atoms with Crippen LogP contribution < -0.4 is 5.73 Å². The first-order valence-electron chi connectivity index (χ1n) is 4.31. The van der Waals surface area contributed by atoms with Gasteiger partial charge in [0.2, 0.25) is 0 Å². The van der Waals surface area contributed by atoms with Crippen LogP contribution in [0, 0.1) is 12.7 Å². The summed E-state index contributed by atoms with van der Waals surface area (Å²) in [5.41, 5.74) is 6.60. The van der Waals surface area contributed by atoms with Crippen LogP contribution in [0.2, 0.25) is 0 Å². The summed E-state index contributed by atoms with van der Waals surface area (Å²) in [7, 11) is 0. The first kappa shape index (κ1) is 9.99. The number of hydrogen-bond donors (Lipinski definition) is 2. The summed E-state index contributed by atoms with van der Waals surface area (Å²) in [5, 5.41) is 9.42. The van der Waals surface area contributed by atoms with Crippen molar-refractivity contribution in [3.05, 3.63) is 29.1 Å². The fourth-order valence-corrected chi connectivity index (χ4v) is 1.20. The number of rotatable bonds is 2. The minimum absolute atomic E-state index is 0.296. The molecule has 0 saturated carbocycles. The molecule has 0 saturated heterocycles. The molecule has 1 rings (SSSR count). The van der Waals surface area contributed by atoms with E-state index < -0.39 is 5.82 Å². The summed E-state index contributed by atoms with van der Waals surface area (Å²) >= 11 is 0. The second-order valence-corrected chi connectivity index (χ2v) is 3.15. The highest BCUT2D eigenvalue weighted by Crippen LogP contribution is 2.28. The Morgan fingerprint density at radius 2 is 2.15 bits per heavy atom. The monoisotopic (exact) mass is 183 g/mol. The van der Waals surface area contributed by atoms with Crippen molar-refractivity contribution < 1.29 is 9.50 Å². The molecular weight excluding hydrogens is 169 g/mol. The van der Waals surface area contributed by atoms with Gasteiger partial charge in [-0.15, -0.1) is 0 Å². The molecule has 0 fully saturated rings. The molecule has 0 heterocycles. The molecule has 72 valence electrons. The molecule has 3 heteroatoms. The number of aromatic hydroxyl groups is 1. The number of phenols is 1. The smallest absolute Gasteiger partial charge is 0.168 e. The van der Waals surface area contributed by atoms with Crippen LogP contribution in [0.15, 0.2) is 12.1 Å². The van der Waals surface area contributed by atoms with Gasteiger partial charge in [0.15, 0.2) is 11.6 Å². The van der Waals surface area contributed by atoms with Gasteiger partial charge >= 0.3 is 0 Å². The summed E-state index contributed by atoms with van der Waals surface area (Å²) in [6, 6.07) is 3.00. The van der Waals surface area contributed by atoms with Gasteiger partial charge in [-0.05, 0) is 18.9 Å². The molecule has 0 aliphatic carbocycles. The lowest BCUT2D eigenvalue weighted by atomic mass is 10.0. The molecule has 2 nitrogen and oxygen atoms in total. The molecule has 0 spiro atoms. The zero-order chi connectivity index (χ0) is 10.0. The molecule has 1 aromatic rings. The quantitative estimate of drug-likeness (QED) is 0.738. The molecule has 0 amide bonds. The predicted octanol–water partition coefficient (Wildman–Crippen LogP) is 2.25. The maximum atomic E-state index is 13.2. The molecule has 0 radical (unpaired) electrons. The second kappa shape index (κ2) is 3.75.